The molecule has 1 aliphatic carbocycles. The molecular weight excluding hydrogens is 352 g/mol. The summed E-state index contributed by atoms with van der Waals surface area (Å²) in [5.41, 5.74) is 0.717. The summed E-state index contributed by atoms with van der Waals surface area (Å²) in [4.78, 5) is 27.0. The first-order valence-electron chi connectivity index (χ1n) is 10.1. The molecule has 0 radical (unpaired) electrons. The van der Waals surface area contributed by atoms with Gasteiger partial charge in [0.05, 0.1) is 5.92 Å². The zero-order chi connectivity index (χ0) is 19.3. The Bertz CT molecular complexity index is 814. The van der Waals surface area contributed by atoms with Crippen molar-refractivity contribution in [2.45, 2.75) is 44.6 Å². The van der Waals surface area contributed by atoms with Gasteiger partial charge in [-0.3, -0.25) is 9.59 Å². The van der Waals surface area contributed by atoms with E-state index in [0.717, 1.165) is 18.6 Å². The van der Waals surface area contributed by atoms with Crippen LogP contribution in [-0.2, 0) is 9.59 Å². The van der Waals surface area contributed by atoms with E-state index in [1.807, 2.05) is 59.5 Å². The van der Waals surface area contributed by atoms with E-state index in [2.05, 4.69) is 5.32 Å². The topological polar surface area (TPSA) is 58.6 Å². The number of amides is 2. The zero-order valence-electron chi connectivity index (χ0n) is 16.0. The highest BCUT2D eigenvalue weighted by molar-refractivity contribution is 5.97. The van der Waals surface area contributed by atoms with E-state index in [4.69, 9.17) is 4.74 Å². The highest BCUT2D eigenvalue weighted by atomic mass is 16.5. The first kappa shape index (κ1) is 18.5. The lowest BCUT2D eigenvalue weighted by Gasteiger charge is -2.31. The predicted molar refractivity (Wildman–Crippen MR) is 108 cm³/mol. The van der Waals surface area contributed by atoms with Gasteiger partial charge in [0, 0.05) is 24.7 Å². The van der Waals surface area contributed by atoms with Crippen LogP contribution in [0.5, 0.6) is 11.5 Å². The number of nitrogens with zero attached hydrogens (tertiary/aromatic N) is 1. The molecule has 1 heterocycles. The summed E-state index contributed by atoms with van der Waals surface area (Å²) in [6.07, 6.45) is 6.08. The van der Waals surface area contributed by atoms with Crippen molar-refractivity contribution in [3.8, 4) is 11.5 Å². The number of likely N-dealkylation sites (tertiary alicyclic amines) is 1. The van der Waals surface area contributed by atoms with Crippen LogP contribution in [0.25, 0.3) is 0 Å². The minimum atomic E-state index is -0.269. The van der Waals surface area contributed by atoms with Crippen molar-refractivity contribution in [3.05, 3.63) is 54.6 Å². The van der Waals surface area contributed by atoms with Gasteiger partial charge in [-0.2, -0.15) is 0 Å². The third-order valence-electron chi connectivity index (χ3n) is 5.65. The Morgan fingerprint density at radius 2 is 1.61 bits per heavy atom. The van der Waals surface area contributed by atoms with Crippen molar-refractivity contribution in [3.63, 3.8) is 0 Å². The second kappa shape index (κ2) is 8.46. The van der Waals surface area contributed by atoms with Crippen molar-refractivity contribution in [1.29, 1.82) is 0 Å². The molecule has 5 nitrogen and oxygen atoms in total. The quantitative estimate of drug-likeness (QED) is 0.827. The number of benzene rings is 2. The fourth-order valence-electron chi connectivity index (χ4n) is 4.13. The fraction of sp³-hybridized carbons (Fsp3) is 0.391. The van der Waals surface area contributed by atoms with Crippen molar-refractivity contribution < 1.29 is 14.3 Å². The molecule has 0 bridgehead atoms. The minimum Gasteiger partial charge on any atom is -0.457 e. The number of hydrogen-bond acceptors (Lipinski definition) is 3. The fourth-order valence-corrected chi connectivity index (χ4v) is 4.13. The third-order valence-corrected chi connectivity index (χ3v) is 5.65. The van der Waals surface area contributed by atoms with E-state index < -0.39 is 0 Å². The average Bonchev–Trinajstić information content (AvgIpc) is 3.13. The van der Waals surface area contributed by atoms with Crippen LogP contribution in [0.4, 0.5) is 5.69 Å². The summed E-state index contributed by atoms with van der Waals surface area (Å²) < 4.78 is 5.77. The van der Waals surface area contributed by atoms with E-state index in [9.17, 15) is 9.59 Å². The molecule has 2 aromatic rings. The molecule has 1 aliphatic heterocycles. The van der Waals surface area contributed by atoms with Crippen molar-refractivity contribution in [1.82, 2.24) is 4.90 Å². The molecule has 2 amide bonds. The summed E-state index contributed by atoms with van der Waals surface area (Å²) in [5.74, 6) is 1.26. The zero-order valence-corrected chi connectivity index (χ0v) is 16.0. The molecule has 28 heavy (non-hydrogen) atoms. The molecule has 1 saturated heterocycles. The Balaban J connectivity index is 1.33. The van der Waals surface area contributed by atoms with Crippen LogP contribution in [0.2, 0.25) is 0 Å². The van der Waals surface area contributed by atoms with E-state index in [1.165, 1.54) is 19.3 Å². The van der Waals surface area contributed by atoms with Gasteiger partial charge in [0.15, 0.2) is 0 Å². The number of carbonyl (C=O) groups excluding carboxylic acids is 2. The molecule has 5 heteroatoms. The SMILES string of the molecule is O=C(Nc1ccc(Oc2ccccc2)cc1)C1CC(=O)N(C2CCCCC2)C1. The summed E-state index contributed by atoms with van der Waals surface area (Å²) in [5, 5.41) is 2.95. The second-order valence-electron chi connectivity index (χ2n) is 7.67. The van der Waals surface area contributed by atoms with Crippen LogP contribution in [0.15, 0.2) is 54.6 Å². The van der Waals surface area contributed by atoms with Gasteiger partial charge in [0.2, 0.25) is 11.8 Å². The summed E-state index contributed by atoms with van der Waals surface area (Å²) in [7, 11) is 0. The van der Waals surface area contributed by atoms with Gasteiger partial charge in [-0.05, 0) is 49.2 Å². The van der Waals surface area contributed by atoms with Crippen molar-refractivity contribution in [2.75, 3.05) is 11.9 Å². The molecule has 4 rings (SSSR count). The Hall–Kier alpha value is -2.82. The van der Waals surface area contributed by atoms with Gasteiger partial charge in [-0.25, -0.2) is 0 Å². The summed E-state index contributed by atoms with van der Waals surface area (Å²) >= 11 is 0. The molecule has 0 aromatic heterocycles. The van der Waals surface area contributed by atoms with E-state index in [-0.39, 0.29) is 17.7 Å². The number of carbonyl (C=O) groups is 2. The van der Waals surface area contributed by atoms with Gasteiger partial charge in [0.1, 0.15) is 11.5 Å². The van der Waals surface area contributed by atoms with Crippen LogP contribution in [0.3, 0.4) is 0 Å². The molecule has 1 N–H and O–H groups in total. The Morgan fingerprint density at radius 1 is 0.929 bits per heavy atom. The lowest BCUT2D eigenvalue weighted by atomic mass is 9.94. The largest absolute Gasteiger partial charge is 0.457 e. The van der Waals surface area contributed by atoms with Crippen LogP contribution < -0.4 is 10.1 Å². The van der Waals surface area contributed by atoms with Crippen LogP contribution in [-0.4, -0.2) is 29.3 Å². The number of ether oxygens (including phenoxy) is 1. The van der Waals surface area contributed by atoms with Gasteiger partial charge >= 0.3 is 0 Å². The minimum absolute atomic E-state index is 0.0802. The second-order valence-corrected chi connectivity index (χ2v) is 7.67. The van der Waals surface area contributed by atoms with Gasteiger partial charge < -0.3 is 15.0 Å². The molecule has 1 atom stereocenters. The molecule has 146 valence electrons. The molecule has 2 aliphatic rings. The number of hydrogen-bond donors (Lipinski definition) is 1. The smallest absolute Gasteiger partial charge is 0.229 e. The number of rotatable bonds is 5. The lowest BCUT2D eigenvalue weighted by molar-refractivity contribution is -0.130. The summed E-state index contributed by atoms with van der Waals surface area (Å²) in [6, 6.07) is 17.2. The molecule has 1 unspecified atom stereocenters. The van der Waals surface area contributed by atoms with Crippen LogP contribution in [0.1, 0.15) is 38.5 Å². The maximum Gasteiger partial charge on any atom is 0.229 e. The van der Waals surface area contributed by atoms with E-state index in [1.54, 1.807) is 0 Å². The molecule has 1 saturated carbocycles. The van der Waals surface area contributed by atoms with Crippen LogP contribution >= 0.6 is 0 Å². The maximum atomic E-state index is 12.6. The first-order chi connectivity index (χ1) is 13.7. The van der Waals surface area contributed by atoms with E-state index in [0.29, 0.717) is 30.4 Å². The van der Waals surface area contributed by atoms with Crippen molar-refractivity contribution in [2.24, 2.45) is 5.92 Å². The predicted octanol–water partition coefficient (Wildman–Crippen LogP) is 4.60. The number of anilines is 1. The lowest BCUT2D eigenvalue weighted by Crippen LogP contribution is -2.38. The normalized spacial score (nSPS) is 20.2. The standard InChI is InChI=1S/C23H26N2O3/c26-22-15-17(16-25(22)19-7-3-1-4-8-19)23(27)24-18-11-13-21(14-12-18)28-20-9-5-2-6-10-20/h2,5-6,9-14,17,19H,1,3-4,7-8,15-16H2,(H,24,27). The molecule has 2 aromatic carbocycles. The monoisotopic (exact) mass is 378 g/mol. The average molecular weight is 378 g/mol. The number of para-hydroxylation sites is 1. The summed E-state index contributed by atoms with van der Waals surface area (Å²) in [6.45, 7) is 0.546. The molecular formula is C23H26N2O3. The maximum absolute atomic E-state index is 12.6. The highest BCUT2D eigenvalue weighted by Gasteiger charge is 2.38. The molecule has 2 fully saturated rings. The van der Waals surface area contributed by atoms with Gasteiger partial charge in [-0.15, -0.1) is 0 Å². The number of nitrogens with one attached hydrogen (secondary N) is 1. The first-order valence-corrected chi connectivity index (χ1v) is 10.1. The van der Waals surface area contributed by atoms with Gasteiger partial charge in [-0.1, -0.05) is 37.5 Å². The molecule has 0 spiro atoms. The Labute approximate surface area is 165 Å². The van der Waals surface area contributed by atoms with Crippen LogP contribution in [0, 0.1) is 5.92 Å². The Morgan fingerprint density at radius 3 is 2.32 bits per heavy atom. The highest BCUT2D eigenvalue weighted by Crippen LogP contribution is 2.29. The van der Waals surface area contributed by atoms with Crippen molar-refractivity contribution >= 4 is 17.5 Å². The third kappa shape index (κ3) is 4.35. The van der Waals surface area contributed by atoms with E-state index >= 15 is 0 Å². The van der Waals surface area contributed by atoms with Gasteiger partial charge in [0.25, 0.3) is 0 Å². The Kier molecular flexibility index (Phi) is 5.60.